The van der Waals surface area contributed by atoms with Crippen LogP contribution in [0.4, 0.5) is 0 Å². The van der Waals surface area contributed by atoms with Crippen LogP contribution in [0, 0.1) is 0 Å². The van der Waals surface area contributed by atoms with Gasteiger partial charge in [-0.15, -0.1) is 0 Å². The van der Waals surface area contributed by atoms with Gasteiger partial charge >= 0.3 is 0 Å². The molecule has 0 atom stereocenters. The topological polar surface area (TPSA) is 25.2 Å². The summed E-state index contributed by atoms with van der Waals surface area (Å²) in [6.45, 7) is 2.03. The SMILES string of the molecule is Clc1ccc(C2(Cc3ccoc3)CNC2)cc1. The van der Waals surface area contributed by atoms with Crippen LogP contribution in [-0.4, -0.2) is 13.1 Å². The van der Waals surface area contributed by atoms with E-state index in [9.17, 15) is 0 Å². The van der Waals surface area contributed by atoms with Crippen LogP contribution in [0.2, 0.25) is 5.02 Å². The quantitative estimate of drug-likeness (QED) is 0.902. The Labute approximate surface area is 106 Å². The van der Waals surface area contributed by atoms with Gasteiger partial charge in [0.15, 0.2) is 0 Å². The molecule has 1 aromatic heterocycles. The van der Waals surface area contributed by atoms with E-state index in [1.165, 1.54) is 11.1 Å². The molecule has 1 N–H and O–H groups in total. The van der Waals surface area contributed by atoms with Crippen molar-refractivity contribution in [3.05, 3.63) is 59.0 Å². The fraction of sp³-hybridized carbons (Fsp3) is 0.286. The van der Waals surface area contributed by atoms with Gasteiger partial charge in [0, 0.05) is 23.5 Å². The maximum absolute atomic E-state index is 5.94. The predicted octanol–water partition coefficient (Wildman–Crippen LogP) is 3.02. The molecule has 1 aliphatic rings. The Kier molecular flexibility index (Phi) is 2.69. The van der Waals surface area contributed by atoms with Crippen molar-refractivity contribution in [2.75, 3.05) is 13.1 Å². The third kappa shape index (κ3) is 1.99. The molecule has 0 bridgehead atoms. The van der Waals surface area contributed by atoms with Crippen molar-refractivity contribution in [3.8, 4) is 0 Å². The Bertz CT molecular complexity index is 485. The zero-order valence-electron chi connectivity index (χ0n) is 9.45. The number of rotatable bonds is 3. The second kappa shape index (κ2) is 4.21. The van der Waals surface area contributed by atoms with E-state index < -0.39 is 0 Å². The first kappa shape index (κ1) is 10.9. The molecule has 0 saturated carbocycles. The molecule has 0 radical (unpaired) electrons. The number of furan rings is 1. The summed E-state index contributed by atoms with van der Waals surface area (Å²) in [7, 11) is 0. The second-order valence-corrected chi connectivity index (χ2v) is 5.14. The third-order valence-electron chi connectivity index (χ3n) is 3.51. The van der Waals surface area contributed by atoms with Crippen LogP contribution in [0.1, 0.15) is 11.1 Å². The average Bonchev–Trinajstić information content (AvgIpc) is 2.77. The normalized spacial score (nSPS) is 17.7. The summed E-state index contributed by atoms with van der Waals surface area (Å²) in [6.07, 6.45) is 4.57. The minimum absolute atomic E-state index is 0.203. The molecule has 1 aliphatic heterocycles. The molecule has 0 amide bonds. The third-order valence-corrected chi connectivity index (χ3v) is 3.76. The fourth-order valence-electron chi connectivity index (χ4n) is 2.45. The van der Waals surface area contributed by atoms with Crippen LogP contribution >= 0.6 is 11.6 Å². The average molecular weight is 248 g/mol. The maximum atomic E-state index is 5.94. The van der Waals surface area contributed by atoms with Gasteiger partial charge in [0.2, 0.25) is 0 Å². The Morgan fingerprint density at radius 3 is 2.47 bits per heavy atom. The zero-order chi connectivity index (χ0) is 11.7. The van der Waals surface area contributed by atoms with Gasteiger partial charge in [0.25, 0.3) is 0 Å². The van der Waals surface area contributed by atoms with Crippen molar-refractivity contribution in [1.82, 2.24) is 5.32 Å². The van der Waals surface area contributed by atoms with E-state index in [-0.39, 0.29) is 5.41 Å². The predicted molar refractivity (Wildman–Crippen MR) is 68.4 cm³/mol. The smallest absolute Gasteiger partial charge is 0.0934 e. The van der Waals surface area contributed by atoms with E-state index in [0.717, 1.165) is 24.5 Å². The molecule has 1 aromatic carbocycles. The van der Waals surface area contributed by atoms with E-state index in [2.05, 4.69) is 17.4 Å². The van der Waals surface area contributed by atoms with Gasteiger partial charge in [-0.3, -0.25) is 0 Å². The van der Waals surface area contributed by atoms with Gasteiger partial charge in [-0.2, -0.15) is 0 Å². The summed E-state index contributed by atoms with van der Waals surface area (Å²) in [5.41, 5.74) is 2.80. The maximum Gasteiger partial charge on any atom is 0.0934 e. The van der Waals surface area contributed by atoms with Gasteiger partial charge in [0.05, 0.1) is 12.5 Å². The summed E-state index contributed by atoms with van der Waals surface area (Å²) in [6, 6.07) is 10.2. The molecular weight excluding hydrogens is 234 g/mol. The number of hydrogen-bond acceptors (Lipinski definition) is 2. The summed E-state index contributed by atoms with van der Waals surface area (Å²) < 4.78 is 5.14. The summed E-state index contributed by atoms with van der Waals surface area (Å²) in [4.78, 5) is 0. The molecule has 2 heterocycles. The van der Waals surface area contributed by atoms with E-state index in [4.69, 9.17) is 16.0 Å². The van der Waals surface area contributed by atoms with Crippen LogP contribution in [0.3, 0.4) is 0 Å². The molecule has 0 unspecified atom stereocenters. The molecular formula is C14H14ClNO. The molecule has 1 saturated heterocycles. The fourth-order valence-corrected chi connectivity index (χ4v) is 2.57. The second-order valence-electron chi connectivity index (χ2n) is 4.70. The highest BCUT2D eigenvalue weighted by atomic mass is 35.5. The molecule has 88 valence electrons. The van der Waals surface area contributed by atoms with E-state index in [1.54, 1.807) is 6.26 Å². The first-order valence-electron chi connectivity index (χ1n) is 5.76. The van der Waals surface area contributed by atoms with Crippen molar-refractivity contribution in [1.29, 1.82) is 0 Å². The zero-order valence-corrected chi connectivity index (χ0v) is 10.2. The molecule has 2 aromatic rings. The lowest BCUT2D eigenvalue weighted by Gasteiger charge is -2.43. The highest BCUT2D eigenvalue weighted by molar-refractivity contribution is 6.30. The van der Waals surface area contributed by atoms with Crippen molar-refractivity contribution in [2.24, 2.45) is 0 Å². The Hall–Kier alpha value is -1.25. The van der Waals surface area contributed by atoms with Gasteiger partial charge in [-0.1, -0.05) is 23.7 Å². The summed E-state index contributed by atoms with van der Waals surface area (Å²) >= 11 is 5.94. The number of hydrogen-bond donors (Lipinski definition) is 1. The Morgan fingerprint density at radius 1 is 1.18 bits per heavy atom. The minimum Gasteiger partial charge on any atom is -0.472 e. The number of benzene rings is 1. The monoisotopic (exact) mass is 247 g/mol. The molecule has 2 nitrogen and oxygen atoms in total. The lowest BCUT2D eigenvalue weighted by atomic mass is 9.71. The summed E-state index contributed by atoms with van der Waals surface area (Å²) in [5.74, 6) is 0. The van der Waals surface area contributed by atoms with Crippen LogP contribution in [-0.2, 0) is 11.8 Å². The largest absolute Gasteiger partial charge is 0.472 e. The molecule has 1 fully saturated rings. The van der Waals surface area contributed by atoms with Crippen molar-refractivity contribution < 1.29 is 4.42 Å². The first-order valence-corrected chi connectivity index (χ1v) is 6.14. The minimum atomic E-state index is 0.203. The van der Waals surface area contributed by atoms with Gasteiger partial charge in [-0.05, 0) is 35.7 Å². The Balaban J connectivity index is 1.89. The van der Waals surface area contributed by atoms with Gasteiger partial charge in [-0.25, -0.2) is 0 Å². The highest BCUT2D eigenvalue weighted by Gasteiger charge is 2.38. The van der Waals surface area contributed by atoms with Crippen LogP contribution in [0.5, 0.6) is 0 Å². The van der Waals surface area contributed by atoms with Gasteiger partial charge in [0.1, 0.15) is 0 Å². The molecule has 0 aliphatic carbocycles. The van der Waals surface area contributed by atoms with Crippen molar-refractivity contribution in [2.45, 2.75) is 11.8 Å². The van der Waals surface area contributed by atoms with E-state index in [1.807, 2.05) is 24.5 Å². The molecule has 3 rings (SSSR count). The molecule has 3 heteroatoms. The van der Waals surface area contributed by atoms with Crippen LogP contribution < -0.4 is 5.32 Å². The lowest BCUT2D eigenvalue weighted by molar-refractivity contribution is 0.274. The standard InChI is InChI=1S/C14H14ClNO/c15-13-3-1-12(2-4-13)14(9-16-10-14)7-11-5-6-17-8-11/h1-6,8,16H,7,9-10H2. The van der Waals surface area contributed by atoms with E-state index in [0.29, 0.717) is 0 Å². The summed E-state index contributed by atoms with van der Waals surface area (Å²) in [5, 5.41) is 4.16. The number of halogens is 1. The number of nitrogens with one attached hydrogen (secondary N) is 1. The Morgan fingerprint density at radius 2 is 1.94 bits per heavy atom. The van der Waals surface area contributed by atoms with Crippen LogP contribution in [0.15, 0.2) is 47.3 Å². The lowest BCUT2D eigenvalue weighted by Crippen LogP contribution is -2.58. The molecule has 0 spiro atoms. The van der Waals surface area contributed by atoms with E-state index >= 15 is 0 Å². The van der Waals surface area contributed by atoms with Gasteiger partial charge < -0.3 is 9.73 Å². The van der Waals surface area contributed by atoms with Crippen molar-refractivity contribution in [3.63, 3.8) is 0 Å². The first-order chi connectivity index (χ1) is 8.28. The highest BCUT2D eigenvalue weighted by Crippen LogP contribution is 2.33. The van der Waals surface area contributed by atoms with Crippen molar-refractivity contribution >= 4 is 11.6 Å². The van der Waals surface area contributed by atoms with Crippen LogP contribution in [0.25, 0.3) is 0 Å². The molecule has 17 heavy (non-hydrogen) atoms.